The topological polar surface area (TPSA) is 71.8 Å². The number of nitrogens with zero attached hydrogens (tertiary/aromatic N) is 3. The minimum Gasteiger partial charge on any atom is -0.384 e. The summed E-state index contributed by atoms with van der Waals surface area (Å²) >= 11 is 6.03. The number of carbonyl (C=O) groups excluding carboxylic acids is 1. The quantitative estimate of drug-likeness (QED) is 0.467. The van der Waals surface area contributed by atoms with Gasteiger partial charge >= 0.3 is 0 Å². The van der Waals surface area contributed by atoms with E-state index in [1.165, 1.54) is 0 Å². The normalized spacial score (nSPS) is 11.1. The van der Waals surface area contributed by atoms with E-state index in [1.54, 1.807) is 6.20 Å². The highest BCUT2D eigenvalue weighted by Gasteiger charge is 2.09. The van der Waals surface area contributed by atoms with Gasteiger partial charge in [0.15, 0.2) is 0 Å². The number of benzene rings is 2. The van der Waals surface area contributed by atoms with Crippen LogP contribution in [0.25, 0.3) is 21.9 Å². The van der Waals surface area contributed by atoms with Crippen LogP contribution in [0.15, 0.2) is 48.7 Å². The summed E-state index contributed by atoms with van der Waals surface area (Å²) < 4.78 is 2.01. The number of imidazole rings is 1. The van der Waals surface area contributed by atoms with E-state index < -0.39 is 0 Å². The number of fused-ring (bicyclic) bond motifs is 2. The molecule has 148 valence electrons. The standard InChI is InChI=1S/C22H22ClN5O/c1-14-27-20-12-15(4-7-21(20)28(14)2)22(29)26-10-3-9-24-18-8-11-25-19-13-16(23)5-6-17(18)19/h4-8,11-13H,3,9-10H2,1-2H3,(H,24,25)(H,26,29). The van der Waals surface area contributed by atoms with Gasteiger partial charge in [0, 0.05) is 48.0 Å². The molecule has 0 saturated carbocycles. The Bertz CT molecular complexity index is 1200. The molecule has 4 rings (SSSR count). The van der Waals surface area contributed by atoms with Crippen molar-refractivity contribution in [2.45, 2.75) is 13.3 Å². The number of amides is 1. The van der Waals surface area contributed by atoms with Gasteiger partial charge in [0.05, 0.1) is 16.6 Å². The molecule has 2 N–H and O–H groups in total. The van der Waals surface area contributed by atoms with E-state index in [4.69, 9.17) is 11.6 Å². The van der Waals surface area contributed by atoms with Crippen LogP contribution in [-0.2, 0) is 7.05 Å². The Morgan fingerprint density at radius 1 is 1.10 bits per heavy atom. The summed E-state index contributed by atoms with van der Waals surface area (Å²) in [4.78, 5) is 21.3. The number of hydrogen-bond donors (Lipinski definition) is 2. The minimum absolute atomic E-state index is 0.0841. The molecule has 0 saturated heterocycles. The number of halogens is 1. The average Bonchev–Trinajstić information content (AvgIpc) is 3.00. The second kappa shape index (κ2) is 8.09. The van der Waals surface area contributed by atoms with Crippen molar-refractivity contribution in [1.29, 1.82) is 0 Å². The Kier molecular flexibility index (Phi) is 5.36. The highest BCUT2D eigenvalue weighted by Crippen LogP contribution is 2.24. The third kappa shape index (κ3) is 4.03. The fourth-order valence-electron chi connectivity index (χ4n) is 3.35. The fraction of sp³-hybridized carbons (Fsp3) is 0.227. The lowest BCUT2D eigenvalue weighted by Gasteiger charge is -2.10. The Balaban J connectivity index is 1.31. The molecule has 0 aliphatic carbocycles. The summed E-state index contributed by atoms with van der Waals surface area (Å²) in [5.41, 5.74) is 4.35. The predicted octanol–water partition coefficient (Wildman–Crippen LogP) is 4.32. The zero-order valence-electron chi connectivity index (χ0n) is 16.4. The smallest absolute Gasteiger partial charge is 0.251 e. The number of pyridine rings is 1. The van der Waals surface area contributed by atoms with E-state index in [0.29, 0.717) is 17.1 Å². The van der Waals surface area contributed by atoms with Crippen LogP contribution in [-0.4, -0.2) is 33.5 Å². The number of carbonyl (C=O) groups is 1. The molecule has 2 heterocycles. The van der Waals surface area contributed by atoms with Crippen molar-refractivity contribution in [2.24, 2.45) is 7.05 Å². The lowest BCUT2D eigenvalue weighted by atomic mass is 10.2. The van der Waals surface area contributed by atoms with E-state index >= 15 is 0 Å². The molecule has 0 spiro atoms. The lowest BCUT2D eigenvalue weighted by Crippen LogP contribution is -2.25. The van der Waals surface area contributed by atoms with Gasteiger partial charge in [0.1, 0.15) is 5.82 Å². The van der Waals surface area contributed by atoms with Crippen LogP contribution in [0.2, 0.25) is 5.02 Å². The van der Waals surface area contributed by atoms with E-state index in [1.807, 2.05) is 61.0 Å². The molecule has 0 unspecified atom stereocenters. The molecule has 6 nitrogen and oxygen atoms in total. The first-order chi connectivity index (χ1) is 14.0. The predicted molar refractivity (Wildman–Crippen MR) is 118 cm³/mol. The summed E-state index contributed by atoms with van der Waals surface area (Å²) in [6.07, 6.45) is 2.56. The SMILES string of the molecule is Cc1nc2cc(C(=O)NCCCNc3ccnc4cc(Cl)ccc34)ccc2n1C. The summed E-state index contributed by atoms with van der Waals surface area (Å²) in [5.74, 6) is 0.841. The van der Waals surface area contributed by atoms with Crippen molar-refractivity contribution in [3.05, 3.63) is 65.1 Å². The first-order valence-electron chi connectivity index (χ1n) is 9.52. The van der Waals surface area contributed by atoms with Crippen molar-refractivity contribution in [1.82, 2.24) is 19.9 Å². The van der Waals surface area contributed by atoms with Gasteiger partial charge in [-0.2, -0.15) is 0 Å². The van der Waals surface area contributed by atoms with Crippen molar-refractivity contribution >= 4 is 45.1 Å². The van der Waals surface area contributed by atoms with Crippen LogP contribution in [0.4, 0.5) is 5.69 Å². The van der Waals surface area contributed by atoms with Gasteiger partial charge in [-0.3, -0.25) is 9.78 Å². The third-order valence-corrected chi connectivity index (χ3v) is 5.26. The summed E-state index contributed by atoms with van der Waals surface area (Å²) in [7, 11) is 1.97. The lowest BCUT2D eigenvalue weighted by molar-refractivity contribution is 0.0953. The Morgan fingerprint density at radius 2 is 1.97 bits per heavy atom. The molecule has 29 heavy (non-hydrogen) atoms. The summed E-state index contributed by atoms with van der Waals surface area (Å²) in [6.45, 7) is 3.27. The molecular formula is C22H22ClN5O. The number of aromatic nitrogens is 3. The van der Waals surface area contributed by atoms with Crippen LogP contribution in [0, 0.1) is 6.92 Å². The summed E-state index contributed by atoms with van der Waals surface area (Å²) in [5, 5.41) is 8.08. The highest BCUT2D eigenvalue weighted by molar-refractivity contribution is 6.31. The van der Waals surface area contributed by atoms with Gasteiger partial charge in [-0.25, -0.2) is 4.98 Å². The molecule has 4 aromatic rings. The van der Waals surface area contributed by atoms with Crippen LogP contribution in [0.3, 0.4) is 0 Å². The second-order valence-electron chi connectivity index (χ2n) is 6.98. The first-order valence-corrected chi connectivity index (χ1v) is 9.90. The highest BCUT2D eigenvalue weighted by atomic mass is 35.5. The zero-order valence-corrected chi connectivity index (χ0v) is 17.1. The van der Waals surface area contributed by atoms with Gasteiger partial charge in [-0.05, 0) is 55.8 Å². The van der Waals surface area contributed by atoms with Gasteiger partial charge in [0.25, 0.3) is 5.91 Å². The van der Waals surface area contributed by atoms with E-state index in [2.05, 4.69) is 20.6 Å². The van der Waals surface area contributed by atoms with Crippen LogP contribution in [0.5, 0.6) is 0 Å². The van der Waals surface area contributed by atoms with Crippen molar-refractivity contribution < 1.29 is 4.79 Å². The molecular weight excluding hydrogens is 386 g/mol. The second-order valence-corrected chi connectivity index (χ2v) is 7.41. The van der Waals surface area contributed by atoms with Crippen LogP contribution < -0.4 is 10.6 Å². The molecule has 2 aromatic heterocycles. The van der Waals surface area contributed by atoms with Gasteiger partial charge in [-0.15, -0.1) is 0 Å². The molecule has 7 heteroatoms. The zero-order chi connectivity index (χ0) is 20.4. The van der Waals surface area contributed by atoms with Crippen molar-refractivity contribution in [3.63, 3.8) is 0 Å². The molecule has 0 aliphatic heterocycles. The van der Waals surface area contributed by atoms with E-state index in [9.17, 15) is 4.79 Å². The van der Waals surface area contributed by atoms with E-state index in [0.717, 1.165) is 46.4 Å². The number of rotatable bonds is 6. The molecule has 0 fully saturated rings. The Hall–Kier alpha value is -3.12. The Morgan fingerprint density at radius 3 is 2.83 bits per heavy atom. The maximum Gasteiger partial charge on any atom is 0.251 e. The Labute approximate surface area is 173 Å². The molecule has 0 radical (unpaired) electrons. The maximum atomic E-state index is 12.4. The number of hydrogen-bond acceptors (Lipinski definition) is 4. The molecule has 0 bridgehead atoms. The summed E-state index contributed by atoms with van der Waals surface area (Å²) in [6, 6.07) is 13.2. The van der Waals surface area contributed by atoms with Crippen molar-refractivity contribution in [3.8, 4) is 0 Å². The van der Waals surface area contributed by atoms with Crippen molar-refractivity contribution in [2.75, 3.05) is 18.4 Å². The molecule has 0 atom stereocenters. The monoisotopic (exact) mass is 407 g/mol. The maximum absolute atomic E-state index is 12.4. The fourth-order valence-corrected chi connectivity index (χ4v) is 3.52. The van der Waals surface area contributed by atoms with Gasteiger partial charge in [-0.1, -0.05) is 11.6 Å². The molecule has 0 aliphatic rings. The van der Waals surface area contributed by atoms with Crippen LogP contribution >= 0.6 is 11.6 Å². The first kappa shape index (κ1) is 19.2. The molecule has 1 amide bonds. The number of anilines is 1. The van der Waals surface area contributed by atoms with Gasteiger partial charge in [0.2, 0.25) is 0 Å². The average molecular weight is 408 g/mol. The number of nitrogens with one attached hydrogen (secondary N) is 2. The number of aryl methyl sites for hydroxylation is 2. The molecule has 2 aromatic carbocycles. The van der Waals surface area contributed by atoms with Crippen LogP contribution in [0.1, 0.15) is 22.6 Å². The third-order valence-electron chi connectivity index (χ3n) is 5.03. The van der Waals surface area contributed by atoms with E-state index in [-0.39, 0.29) is 5.91 Å². The largest absolute Gasteiger partial charge is 0.384 e. The van der Waals surface area contributed by atoms with Gasteiger partial charge < -0.3 is 15.2 Å². The minimum atomic E-state index is -0.0841.